The summed E-state index contributed by atoms with van der Waals surface area (Å²) in [5.74, 6) is -1.27. The molecule has 7 heterocycles. The number of benzene rings is 2. The molecular formula is C63H78FN13O7S. The molecule has 3 saturated heterocycles. The molecule has 5 aliphatic rings. The minimum absolute atomic E-state index is 0.00685. The molecule has 6 aromatic rings. The van der Waals surface area contributed by atoms with Gasteiger partial charge in [-0.15, -0.1) is 17.9 Å². The van der Waals surface area contributed by atoms with Crippen LogP contribution < -0.4 is 26.4 Å². The number of allylic oxidation sites excluding steroid dienone is 1. The Kier molecular flexibility index (Phi) is 16.4. The molecule has 22 heteroatoms. The normalized spacial score (nSPS) is 21.2. The SMILES string of the molecule is C=CCn1c(=O)c2cnc(Nc3ccc(N4CCN(C5CCC6(CCN(C(=O)C[C@H](NC(=O)[C@@H]7C[C@@H](O)CN7C(=O)[C@@H](NC(=O)C7(F)CC7)C(C)(C)C)c7ccc(-c8scnc8C)cc7)CC6)C5)CC4)cc3)nc2n1-c1cccc(C(C)(C)O)n1. The van der Waals surface area contributed by atoms with Gasteiger partial charge in [-0.2, -0.15) is 4.98 Å². The van der Waals surface area contributed by atoms with E-state index >= 15 is 0 Å². The van der Waals surface area contributed by atoms with Crippen LogP contribution in [0.5, 0.6) is 0 Å². The molecule has 0 radical (unpaired) electrons. The van der Waals surface area contributed by atoms with Crippen molar-refractivity contribution in [1.82, 2.24) is 54.6 Å². The molecule has 85 heavy (non-hydrogen) atoms. The van der Waals surface area contributed by atoms with Gasteiger partial charge in [-0.25, -0.2) is 28.7 Å². The zero-order valence-corrected chi connectivity index (χ0v) is 50.2. The number of aliphatic hydroxyl groups is 2. The number of aryl methyl sites for hydroxylation is 1. The first-order valence-corrected chi connectivity index (χ1v) is 30.6. The zero-order chi connectivity index (χ0) is 60.2. The maximum atomic E-state index is 14.9. The highest BCUT2D eigenvalue weighted by Gasteiger charge is 2.54. The first kappa shape index (κ1) is 59.3. The Labute approximate surface area is 498 Å². The van der Waals surface area contributed by atoms with E-state index in [2.05, 4.69) is 59.4 Å². The molecule has 5 atom stereocenters. The van der Waals surface area contributed by atoms with E-state index < -0.39 is 58.6 Å². The summed E-state index contributed by atoms with van der Waals surface area (Å²) in [6, 6.07) is 18.7. The number of fused-ring (bicyclic) bond motifs is 1. The lowest BCUT2D eigenvalue weighted by molar-refractivity contribution is -0.145. The van der Waals surface area contributed by atoms with Crippen LogP contribution >= 0.6 is 11.3 Å². The number of amides is 4. The van der Waals surface area contributed by atoms with E-state index in [1.165, 1.54) is 27.1 Å². The summed E-state index contributed by atoms with van der Waals surface area (Å²) in [4.78, 5) is 97.4. The number of halogens is 1. The van der Waals surface area contributed by atoms with Crippen molar-refractivity contribution in [2.24, 2.45) is 10.8 Å². The summed E-state index contributed by atoms with van der Waals surface area (Å²) in [6.07, 6.45) is 7.39. The Morgan fingerprint density at radius 3 is 2.26 bits per heavy atom. The van der Waals surface area contributed by atoms with Crippen LogP contribution in [0.25, 0.3) is 27.3 Å². The summed E-state index contributed by atoms with van der Waals surface area (Å²) in [5.41, 5.74) is 2.95. The summed E-state index contributed by atoms with van der Waals surface area (Å²) in [7, 11) is 0. The van der Waals surface area contributed by atoms with Gasteiger partial charge in [0.05, 0.1) is 46.9 Å². The van der Waals surface area contributed by atoms with Gasteiger partial charge in [0.15, 0.2) is 17.1 Å². The fourth-order valence-electron chi connectivity index (χ4n) is 12.9. The molecule has 4 amide bonds. The van der Waals surface area contributed by atoms with Gasteiger partial charge in [-0.1, -0.05) is 57.2 Å². The molecule has 2 aromatic carbocycles. The molecule has 2 saturated carbocycles. The number of hydrogen-bond donors (Lipinski definition) is 5. The molecule has 1 unspecified atom stereocenters. The van der Waals surface area contributed by atoms with E-state index in [4.69, 9.17) is 4.98 Å². The standard InChI is InChI=1S/C63H78FN13O7S/c1-8-26-76-56(81)46-36-65-59(71-54(46)77(76)50-11-9-10-49(69-50)61(6,7)84)67-42-16-18-43(19-17-42)72-29-31-73(32-30-72)44-20-21-62(35-44)24-27-74(28-25-62)51(79)34-47(40-12-14-41(15-13-40)52-39(2)66-38-85-52)68-55(80)48-33-45(78)37-75(48)57(82)53(60(3,4)5)70-58(83)63(64)22-23-63/h8-19,36,38,44-45,47-48,53,78,84H,1,20-35,37H2,2-7H3,(H,68,80)(H,70,83)(H,65,67,71)/t44?,45-,47+,48+,53-/m1/s1. The topological polar surface area (TPSA) is 236 Å². The van der Waals surface area contributed by atoms with Gasteiger partial charge >= 0.3 is 0 Å². The molecule has 2 aliphatic carbocycles. The third-order valence-corrected chi connectivity index (χ3v) is 19.1. The minimum Gasteiger partial charge on any atom is -0.391 e. The van der Waals surface area contributed by atoms with Crippen LogP contribution in [-0.4, -0.2) is 154 Å². The van der Waals surface area contributed by atoms with Crippen LogP contribution in [-0.2, 0) is 31.3 Å². The first-order valence-electron chi connectivity index (χ1n) is 29.7. The van der Waals surface area contributed by atoms with Crippen molar-refractivity contribution in [2.75, 3.05) is 56.0 Å². The molecule has 5 N–H and O–H groups in total. The Hall–Kier alpha value is -7.40. The van der Waals surface area contributed by atoms with E-state index in [-0.39, 0.29) is 55.7 Å². The van der Waals surface area contributed by atoms with E-state index in [9.17, 15) is 38.6 Å². The molecule has 5 fully saturated rings. The predicted molar refractivity (Wildman–Crippen MR) is 324 cm³/mol. The fourth-order valence-corrected chi connectivity index (χ4v) is 13.7. The Bertz CT molecular complexity index is 3530. The number of carbonyl (C=O) groups excluding carboxylic acids is 4. The van der Waals surface area contributed by atoms with Crippen LogP contribution in [0.1, 0.15) is 115 Å². The smallest absolute Gasteiger partial charge is 0.278 e. The lowest BCUT2D eigenvalue weighted by Crippen LogP contribution is -2.59. The lowest BCUT2D eigenvalue weighted by Gasteiger charge is -2.42. The summed E-state index contributed by atoms with van der Waals surface area (Å²) < 4.78 is 18.0. The van der Waals surface area contributed by atoms with Crippen LogP contribution in [0.3, 0.4) is 0 Å². The van der Waals surface area contributed by atoms with E-state index in [0.29, 0.717) is 47.6 Å². The van der Waals surface area contributed by atoms with Gasteiger partial charge in [-0.05, 0) is 124 Å². The number of pyridine rings is 1. The Morgan fingerprint density at radius 2 is 1.61 bits per heavy atom. The second-order valence-corrected chi connectivity index (χ2v) is 26.5. The van der Waals surface area contributed by atoms with Crippen molar-refractivity contribution in [2.45, 2.75) is 147 Å². The van der Waals surface area contributed by atoms with Crippen molar-refractivity contribution in [3.8, 4) is 16.3 Å². The van der Waals surface area contributed by atoms with Crippen molar-refractivity contribution in [3.63, 3.8) is 0 Å². The first-order chi connectivity index (χ1) is 40.5. The molecular weight excluding hydrogens is 1100 g/mol. The molecule has 1 spiro atoms. The van der Waals surface area contributed by atoms with E-state index in [0.717, 1.165) is 91.4 Å². The highest BCUT2D eigenvalue weighted by atomic mass is 32.1. The van der Waals surface area contributed by atoms with Crippen molar-refractivity contribution in [1.29, 1.82) is 0 Å². The quantitative estimate of drug-likeness (QED) is 0.0574. The number of rotatable bonds is 17. The number of piperidine rings is 1. The monoisotopic (exact) mass is 1180 g/mol. The maximum absolute atomic E-state index is 14.9. The second kappa shape index (κ2) is 23.5. The summed E-state index contributed by atoms with van der Waals surface area (Å²) >= 11 is 1.53. The number of nitrogens with one attached hydrogen (secondary N) is 3. The highest BCUT2D eigenvalue weighted by Crippen LogP contribution is 2.48. The van der Waals surface area contributed by atoms with Gasteiger partial charge in [0.2, 0.25) is 23.7 Å². The van der Waals surface area contributed by atoms with Gasteiger partial charge in [0.1, 0.15) is 23.1 Å². The molecule has 3 aliphatic heterocycles. The maximum Gasteiger partial charge on any atom is 0.278 e. The third kappa shape index (κ3) is 12.5. The van der Waals surface area contributed by atoms with E-state index in [1.54, 1.807) is 69.1 Å². The Balaban J connectivity index is 0.699. The zero-order valence-electron chi connectivity index (χ0n) is 49.4. The number of carbonyl (C=O) groups is 4. The molecule has 4 aromatic heterocycles. The number of alkyl halides is 1. The van der Waals surface area contributed by atoms with Crippen molar-refractivity contribution >= 4 is 63.3 Å². The van der Waals surface area contributed by atoms with Crippen LogP contribution in [0.4, 0.5) is 21.7 Å². The van der Waals surface area contributed by atoms with Crippen molar-refractivity contribution < 1.29 is 33.8 Å². The summed E-state index contributed by atoms with van der Waals surface area (Å²) in [5, 5.41) is 31.0. The average Bonchev–Trinajstić information content (AvgIpc) is 1.87. The van der Waals surface area contributed by atoms with Gasteiger partial charge in [0.25, 0.3) is 11.5 Å². The van der Waals surface area contributed by atoms with Crippen LogP contribution in [0.15, 0.2) is 95.9 Å². The number of likely N-dealkylation sites (tertiary alicyclic amines) is 2. The number of thiazole rings is 1. The number of anilines is 3. The van der Waals surface area contributed by atoms with Crippen molar-refractivity contribution in [3.05, 3.63) is 118 Å². The van der Waals surface area contributed by atoms with Gasteiger partial charge < -0.3 is 40.9 Å². The molecule has 20 nitrogen and oxygen atoms in total. The number of piperazine rings is 1. The predicted octanol–water partition coefficient (Wildman–Crippen LogP) is 7.09. The molecule has 450 valence electrons. The van der Waals surface area contributed by atoms with E-state index in [1.807, 2.05) is 48.2 Å². The van der Waals surface area contributed by atoms with Crippen LogP contribution in [0.2, 0.25) is 0 Å². The number of hydrogen-bond acceptors (Lipinski definition) is 15. The molecule has 11 rings (SSSR count). The fraction of sp³-hybridized carbons (Fsp3) is 0.508. The largest absolute Gasteiger partial charge is 0.391 e. The third-order valence-electron chi connectivity index (χ3n) is 18.1. The lowest BCUT2D eigenvalue weighted by atomic mass is 9.76. The number of nitrogens with zero attached hydrogens (tertiary/aromatic N) is 10. The summed E-state index contributed by atoms with van der Waals surface area (Å²) in [6.45, 7) is 19.4. The number of aromatic nitrogens is 6. The average molecular weight is 1180 g/mol. The highest BCUT2D eigenvalue weighted by molar-refractivity contribution is 7.13. The van der Waals surface area contributed by atoms with Gasteiger partial charge in [-0.3, -0.25) is 28.9 Å². The number of aliphatic hydroxyl groups excluding tert-OH is 1. The Morgan fingerprint density at radius 1 is 0.894 bits per heavy atom. The number of β-amino-alcohol motifs (C(OH)–C–C–N with tert-alkyl or cyclic N) is 1. The van der Waals surface area contributed by atoms with Crippen LogP contribution in [0, 0.1) is 17.8 Å². The molecule has 0 bridgehead atoms. The second-order valence-electron chi connectivity index (χ2n) is 25.6. The van der Waals surface area contributed by atoms with Gasteiger partial charge in [0, 0.05) is 75.8 Å². The minimum atomic E-state index is -2.01.